The number of rotatable bonds is 6. The zero-order valence-electron chi connectivity index (χ0n) is 13.3. The van der Waals surface area contributed by atoms with Crippen molar-refractivity contribution in [1.82, 2.24) is 9.97 Å². The van der Waals surface area contributed by atoms with Crippen molar-refractivity contribution in [3.05, 3.63) is 51.2 Å². The Hall–Kier alpha value is -2.70. The molecule has 0 saturated heterocycles. The van der Waals surface area contributed by atoms with Gasteiger partial charge in [-0.25, -0.2) is 4.98 Å². The minimum Gasteiger partial charge on any atom is -0.361 e. The number of aryl methyl sites for hydroxylation is 2. The molecular weight excluding hydrogens is 306 g/mol. The SMILES string of the molecule is O=[N+]([O-])c1cnc(NCc2ccc3c(c2)CCC3)nc1NC1CC1. The fourth-order valence-corrected chi connectivity index (χ4v) is 3.04. The van der Waals surface area contributed by atoms with Crippen LogP contribution in [0, 0.1) is 10.1 Å². The number of aromatic nitrogens is 2. The first-order chi connectivity index (χ1) is 11.7. The molecule has 2 aliphatic rings. The van der Waals surface area contributed by atoms with Crippen molar-refractivity contribution in [2.24, 2.45) is 0 Å². The number of hydrogen-bond donors (Lipinski definition) is 2. The van der Waals surface area contributed by atoms with Gasteiger partial charge < -0.3 is 10.6 Å². The number of fused-ring (bicyclic) bond motifs is 1. The van der Waals surface area contributed by atoms with E-state index >= 15 is 0 Å². The van der Waals surface area contributed by atoms with E-state index in [0.29, 0.717) is 24.4 Å². The number of benzene rings is 1. The third-order valence-electron chi connectivity index (χ3n) is 4.50. The molecule has 24 heavy (non-hydrogen) atoms. The number of hydrogen-bond acceptors (Lipinski definition) is 6. The summed E-state index contributed by atoms with van der Waals surface area (Å²) in [7, 11) is 0. The smallest absolute Gasteiger partial charge is 0.329 e. The van der Waals surface area contributed by atoms with E-state index in [1.165, 1.54) is 35.7 Å². The van der Waals surface area contributed by atoms with Gasteiger partial charge in [-0.2, -0.15) is 4.98 Å². The molecule has 1 fully saturated rings. The second-order valence-electron chi connectivity index (χ2n) is 6.41. The lowest BCUT2D eigenvalue weighted by atomic mass is 10.1. The van der Waals surface area contributed by atoms with Gasteiger partial charge in [-0.15, -0.1) is 0 Å². The van der Waals surface area contributed by atoms with Gasteiger partial charge in [0.15, 0.2) is 0 Å². The monoisotopic (exact) mass is 325 g/mol. The first-order valence-corrected chi connectivity index (χ1v) is 8.31. The molecule has 7 nitrogen and oxygen atoms in total. The highest BCUT2D eigenvalue weighted by Crippen LogP contribution is 2.29. The Morgan fingerprint density at radius 1 is 1.25 bits per heavy atom. The van der Waals surface area contributed by atoms with Gasteiger partial charge in [0.2, 0.25) is 11.8 Å². The Labute approximate surface area is 139 Å². The van der Waals surface area contributed by atoms with E-state index in [9.17, 15) is 10.1 Å². The lowest BCUT2D eigenvalue weighted by Crippen LogP contribution is -2.10. The van der Waals surface area contributed by atoms with Crippen LogP contribution >= 0.6 is 0 Å². The molecule has 1 saturated carbocycles. The van der Waals surface area contributed by atoms with Gasteiger partial charge in [0, 0.05) is 12.6 Å². The van der Waals surface area contributed by atoms with Gasteiger partial charge in [0.1, 0.15) is 6.20 Å². The average Bonchev–Trinajstić information content (AvgIpc) is 3.26. The maximum absolute atomic E-state index is 11.1. The normalized spacial score (nSPS) is 15.8. The molecule has 1 aromatic heterocycles. The Kier molecular flexibility index (Phi) is 3.76. The molecule has 0 bridgehead atoms. The van der Waals surface area contributed by atoms with E-state index in [1.54, 1.807) is 0 Å². The van der Waals surface area contributed by atoms with Crippen molar-refractivity contribution in [3.8, 4) is 0 Å². The van der Waals surface area contributed by atoms with Crippen molar-refractivity contribution < 1.29 is 4.92 Å². The molecule has 0 amide bonds. The van der Waals surface area contributed by atoms with E-state index in [4.69, 9.17) is 0 Å². The predicted octanol–water partition coefficient (Wildman–Crippen LogP) is 3.06. The van der Waals surface area contributed by atoms with Gasteiger partial charge in [-0.3, -0.25) is 10.1 Å². The summed E-state index contributed by atoms with van der Waals surface area (Å²) in [6.07, 6.45) is 6.87. The minimum absolute atomic E-state index is 0.0787. The van der Waals surface area contributed by atoms with Crippen LogP contribution in [0.5, 0.6) is 0 Å². The zero-order valence-corrected chi connectivity index (χ0v) is 13.3. The Bertz CT molecular complexity index is 789. The molecule has 0 unspecified atom stereocenters. The van der Waals surface area contributed by atoms with Gasteiger partial charge in [-0.1, -0.05) is 18.2 Å². The Morgan fingerprint density at radius 3 is 2.88 bits per heavy atom. The molecule has 2 aromatic rings. The molecule has 2 N–H and O–H groups in total. The number of nitro groups is 1. The molecule has 1 aromatic carbocycles. The van der Waals surface area contributed by atoms with Crippen LogP contribution in [0.3, 0.4) is 0 Å². The fourth-order valence-electron chi connectivity index (χ4n) is 3.04. The largest absolute Gasteiger partial charge is 0.361 e. The number of nitrogens with zero attached hydrogens (tertiary/aromatic N) is 3. The highest BCUT2D eigenvalue weighted by Gasteiger charge is 2.26. The molecule has 0 radical (unpaired) electrons. The van der Waals surface area contributed by atoms with E-state index in [0.717, 1.165) is 19.3 Å². The summed E-state index contributed by atoms with van der Waals surface area (Å²) in [6.45, 7) is 0.605. The molecule has 0 atom stereocenters. The molecule has 2 aliphatic carbocycles. The van der Waals surface area contributed by atoms with Crippen LogP contribution < -0.4 is 10.6 Å². The first kappa shape index (κ1) is 14.9. The summed E-state index contributed by atoms with van der Waals surface area (Å²) in [5.41, 5.74) is 3.97. The standard InChI is InChI=1S/C17H19N5O2/c23-22(24)15-10-19-17(21-16(15)20-14-6-7-14)18-9-11-4-5-12-2-1-3-13(12)8-11/h4-5,8,10,14H,1-3,6-7,9H2,(H2,18,19,20,21). The fraction of sp³-hybridized carbons (Fsp3) is 0.412. The summed E-state index contributed by atoms with van der Waals surface area (Å²) in [5, 5.41) is 17.4. The van der Waals surface area contributed by atoms with Crippen molar-refractivity contribution >= 4 is 17.5 Å². The first-order valence-electron chi connectivity index (χ1n) is 8.31. The molecular formula is C17H19N5O2. The van der Waals surface area contributed by atoms with Gasteiger partial charge >= 0.3 is 5.69 Å². The van der Waals surface area contributed by atoms with Crippen LogP contribution in [0.2, 0.25) is 0 Å². The van der Waals surface area contributed by atoms with Crippen LogP contribution in [0.1, 0.15) is 36.0 Å². The van der Waals surface area contributed by atoms with Crippen LogP contribution in [0.4, 0.5) is 17.5 Å². The average molecular weight is 325 g/mol. The molecule has 0 aliphatic heterocycles. The maximum Gasteiger partial charge on any atom is 0.329 e. The number of nitrogens with one attached hydrogen (secondary N) is 2. The van der Waals surface area contributed by atoms with Crippen LogP contribution in [-0.4, -0.2) is 20.9 Å². The summed E-state index contributed by atoms with van der Waals surface area (Å²) >= 11 is 0. The van der Waals surface area contributed by atoms with Crippen LogP contribution in [0.15, 0.2) is 24.4 Å². The third-order valence-corrected chi connectivity index (χ3v) is 4.50. The highest BCUT2D eigenvalue weighted by molar-refractivity contribution is 5.58. The van der Waals surface area contributed by atoms with Crippen molar-refractivity contribution in [2.75, 3.05) is 10.6 Å². The van der Waals surface area contributed by atoms with E-state index < -0.39 is 4.92 Å². The van der Waals surface area contributed by atoms with Gasteiger partial charge in [-0.05, 0) is 48.8 Å². The topological polar surface area (TPSA) is 93.0 Å². The van der Waals surface area contributed by atoms with Gasteiger partial charge in [0.05, 0.1) is 4.92 Å². The summed E-state index contributed by atoms with van der Waals surface area (Å²) < 4.78 is 0. The quantitative estimate of drug-likeness (QED) is 0.626. The second-order valence-corrected chi connectivity index (χ2v) is 6.41. The van der Waals surface area contributed by atoms with Crippen molar-refractivity contribution in [2.45, 2.75) is 44.7 Å². The van der Waals surface area contributed by atoms with Crippen LogP contribution in [0.25, 0.3) is 0 Å². The molecule has 4 rings (SSSR count). The Balaban J connectivity index is 1.48. The van der Waals surface area contributed by atoms with Crippen molar-refractivity contribution in [1.29, 1.82) is 0 Å². The second kappa shape index (κ2) is 6.07. The van der Waals surface area contributed by atoms with Crippen molar-refractivity contribution in [3.63, 3.8) is 0 Å². The third kappa shape index (κ3) is 3.15. The predicted molar refractivity (Wildman–Crippen MR) is 91.1 cm³/mol. The Morgan fingerprint density at radius 2 is 2.08 bits per heavy atom. The molecule has 124 valence electrons. The lowest BCUT2D eigenvalue weighted by molar-refractivity contribution is -0.384. The zero-order chi connectivity index (χ0) is 16.5. The van der Waals surface area contributed by atoms with E-state index in [1.807, 2.05) is 0 Å². The molecule has 7 heteroatoms. The van der Waals surface area contributed by atoms with E-state index in [-0.39, 0.29) is 5.69 Å². The summed E-state index contributed by atoms with van der Waals surface area (Å²) in [4.78, 5) is 19.0. The molecule has 1 heterocycles. The highest BCUT2D eigenvalue weighted by atomic mass is 16.6. The summed E-state index contributed by atoms with van der Waals surface area (Å²) in [5.74, 6) is 0.707. The molecule has 0 spiro atoms. The summed E-state index contributed by atoms with van der Waals surface area (Å²) in [6, 6.07) is 6.83. The lowest BCUT2D eigenvalue weighted by Gasteiger charge is -2.09. The van der Waals surface area contributed by atoms with Crippen LogP contribution in [-0.2, 0) is 19.4 Å². The van der Waals surface area contributed by atoms with Gasteiger partial charge in [0.25, 0.3) is 0 Å². The minimum atomic E-state index is -0.449. The maximum atomic E-state index is 11.1. The van der Waals surface area contributed by atoms with E-state index in [2.05, 4.69) is 38.8 Å². The number of anilines is 2.